The van der Waals surface area contributed by atoms with Crippen LogP contribution in [0.15, 0.2) is 0 Å². The van der Waals surface area contributed by atoms with Crippen molar-refractivity contribution in [1.29, 1.82) is 0 Å². The topological polar surface area (TPSA) is 9.72 Å². The molecule has 1 aliphatic carbocycles. The first-order chi connectivity index (χ1) is 9.24. The highest BCUT2D eigenvalue weighted by Gasteiger charge is 2.39. The van der Waals surface area contributed by atoms with Crippen LogP contribution in [0.2, 0.25) is 0 Å². The summed E-state index contributed by atoms with van der Waals surface area (Å²) in [7, 11) is 0. The lowest BCUT2D eigenvalue weighted by atomic mass is 9.98. The normalized spacial score (nSPS) is 30.8. The lowest BCUT2D eigenvalue weighted by Crippen LogP contribution is -2.51. The van der Waals surface area contributed by atoms with Gasteiger partial charge in [-0.3, -0.25) is 9.80 Å². The lowest BCUT2D eigenvalue weighted by Gasteiger charge is -2.42. The molecule has 3 fully saturated rings. The fraction of sp³-hybridized carbons (Fsp3) is 1.00. The monoisotopic (exact) mass is 265 g/mol. The third-order valence-corrected chi connectivity index (χ3v) is 5.40. The maximum Gasteiger partial charge on any atom is 0.0136 e. The Morgan fingerprint density at radius 2 is 1.63 bits per heavy atom. The van der Waals surface area contributed by atoms with Crippen LogP contribution >= 0.6 is 0 Å². The molecule has 3 rings (SSSR count). The summed E-state index contributed by atoms with van der Waals surface area (Å²) >= 11 is 0. The van der Waals surface area contributed by atoms with E-state index in [4.69, 9.17) is 0 Å². The maximum absolute atomic E-state index is 2.75. The predicted octanol–water partition coefficient (Wildman–Crippen LogP) is 1.89. The Kier molecular flexibility index (Phi) is 4.45. The second-order valence-electron chi connectivity index (χ2n) is 7.05. The molecule has 0 radical (unpaired) electrons. The summed E-state index contributed by atoms with van der Waals surface area (Å²) in [6, 6.07) is 1.71. The summed E-state index contributed by atoms with van der Waals surface area (Å²) in [5, 5.41) is 0. The van der Waals surface area contributed by atoms with E-state index in [0.29, 0.717) is 0 Å². The number of piperazine rings is 1. The highest BCUT2D eigenvalue weighted by Crippen LogP contribution is 2.40. The number of likely N-dealkylation sites (tertiary alicyclic amines) is 1. The van der Waals surface area contributed by atoms with Crippen molar-refractivity contribution in [2.45, 2.75) is 51.6 Å². The van der Waals surface area contributed by atoms with Crippen molar-refractivity contribution in [2.75, 3.05) is 45.8 Å². The van der Waals surface area contributed by atoms with Crippen molar-refractivity contribution in [1.82, 2.24) is 14.7 Å². The zero-order valence-corrected chi connectivity index (χ0v) is 12.9. The first-order valence-electron chi connectivity index (χ1n) is 8.44. The second-order valence-corrected chi connectivity index (χ2v) is 7.05. The van der Waals surface area contributed by atoms with Crippen LogP contribution in [0.5, 0.6) is 0 Å². The largest absolute Gasteiger partial charge is 0.301 e. The predicted molar refractivity (Wildman–Crippen MR) is 80.5 cm³/mol. The van der Waals surface area contributed by atoms with Crippen molar-refractivity contribution in [3.8, 4) is 0 Å². The van der Waals surface area contributed by atoms with Crippen LogP contribution in [0.1, 0.15) is 39.5 Å². The van der Waals surface area contributed by atoms with Gasteiger partial charge in [0.1, 0.15) is 0 Å². The van der Waals surface area contributed by atoms with Gasteiger partial charge in [0.25, 0.3) is 0 Å². The van der Waals surface area contributed by atoms with Gasteiger partial charge in [0.2, 0.25) is 0 Å². The Labute approximate surface area is 118 Å². The summed E-state index contributed by atoms with van der Waals surface area (Å²) in [6.45, 7) is 13.8. The number of hydrogen-bond donors (Lipinski definition) is 0. The molecule has 0 unspecified atom stereocenters. The fourth-order valence-electron chi connectivity index (χ4n) is 3.75. The minimum atomic E-state index is 0.725. The van der Waals surface area contributed by atoms with Gasteiger partial charge >= 0.3 is 0 Å². The van der Waals surface area contributed by atoms with Crippen molar-refractivity contribution in [3.63, 3.8) is 0 Å². The Hall–Kier alpha value is -0.120. The average Bonchev–Trinajstić information content (AvgIpc) is 3.18. The van der Waals surface area contributed by atoms with Crippen LogP contribution in [0.4, 0.5) is 0 Å². The van der Waals surface area contributed by atoms with Crippen molar-refractivity contribution in [2.24, 2.45) is 5.92 Å². The van der Waals surface area contributed by atoms with E-state index in [0.717, 1.165) is 18.0 Å². The van der Waals surface area contributed by atoms with E-state index in [2.05, 4.69) is 28.5 Å². The first-order valence-corrected chi connectivity index (χ1v) is 8.44. The third-order valence-electron chi connectivity index (χ3n) is 5.40. The Morgan fingerprint density at radius 1 is 0.895 bits per heavy atom. The average molecular weight is 265 g/mol. The zero-order valence-electron chi connectivity index (χ0n) is 12.9. The van der Waals surface area contributed by atoms with Crippen LogP contribution in [-0.2, 0) is 0 Å². The molecule has 3 aliphatic rings. The fourth-order valence-corrected chi connectivity index (χ4v) is 3.75. The number of nitrogens with zero attached hydrogens (tertiary/aromatic N) is 3. The molecule has 0 spiro atoms. The molecule has 2 aliphatic heterocycles. The van der Waals surface area contributed by atoms with E-state index < -0.39 is 0 Å². The van der Waals surface area contributed by atoms with E-state index in [-0.39, 0.29) is 0 Å². The van der Waals surface area contributed by atoms with Crippen molar-refractivity contribution < 1.29 is 0 Å². The highest BCUT2D eigenvalue weighted by atomic mass is 15.3. The summed E-state index contributed by atoms with van der Waals surface area (Å²) in [4.78, 5) is 8.03. The smallest absolute Gasteiger partial charge is 0.0136 e. The van der Waals surface area contributed by atoms with E-state index in [1.54, 1.807) is 0 Å². The van der Waals surface area contributed by atoms with E-state index in [1.807, 2.05) is 0 Å². The molecule has 0 amide bonds. The van der Waals surface area contributed by atoms with Crippen LogP contribution in [0.25, 0.3) is 0 Å². The number of rotatable bonds is 6. The van der Waals surface area contributed by atoms with Gasteiger partial charge in [0, 0.05) is 38.3 Å². The van der Waals surface area contributed by atoms with Gasteiger partial charge < -0.3 is 4.90 Å². The molecule has 19 heavy (non-hydrogen) atoms. The Balaban J connectivity index is 1.28. The minimum absolute atomic E-state index is 0.725. The van der Waals surface area contributed by atoms with Gasteiger partial charge in [0.05, 0.1) is 0 Å². The first kappa shape index (κ1) is 13.8. The summed E-state index contributed by atoms with van der Waals surface area (Å²) < 4.78 is 0. The molecule has 110 valence electrons. The van der Waals surface area contributed by atoms with E-state index >= 15 is 0 Å². The van der Waals surface area contributed by atoms with Crippen LogP contribution in [0, 0.1) is 5.92 Å². The second kappa shape index (κ2) is 6.11. The Bertz CT molecular complexity index is 280. The van der Waals surface area contributed by atoms with Crippen LogP contribution in [-0.4, -0.2) is 72.6 Å². The zero-order chi connectivity index (χ0) is 13.2. The summed E-state index contributed by atoms with van der Waals surface area (Å²) in [5.74, 6) is 1.09. The van der Waals surface area contributed by atoms with Gasteiger partial charge in [-0.25, -0.2) is 0 Å². The molecule has 0 aromatic rings. The van der Waals surface area contributed by atoms with E-state index in [9.17, 15) is 0 Å². The summed E-state index contributed by atoms with van der Waals surface area (Å²) in [5.41, 5.74) is 0. The molecule has 0 N–H and O–H groups in total. The lowest BCUT2D eigenvalue weighted by molar-refractivity contribution is 0.0618. The van der Waals surface area contributed by atoms with Gasteiger partial charge in [-0.15, -0.1) is 0 Å². The molecular formula is C16H31N3. The van der Waals surface area contributed by atoms with Crippen LogP contribution in [0.3, 0.4) is 0 Å². The highest BCUT2D eigenvalue weighted by molar-refractivity contribution is 4.94. The quantitative estimate of drug-likeness (QED) is 0.726. The van der Waals surface area contributed by atoms with Gasteiger partial charge in [-0.2, -0.15) is 0 Å². The molecule has 3 heteroatoms. The van der Waals surface area contributed by atoms with Crippen molar-refractivity contribution in [3.05, 3.63) is 0 Å². The van der Waals surface area contributed by atoms with Gasteiger partial charge in [-0.05, 0) is 65.1 Å². The van der Waals surface area contributed by atoms with Crippen LogP contribution < -0.4 is 0 Å². The molecule has 1 saturated carbocycles. The molecular weight excluding hydrogens is 234 g/mol. The van der Waals surface area contributed by atoms with E-state index in [1.165, 1.54) is 71.5 Å². The minimum Gasteiger partial charge on any atom is -0.301 e. The Morgan fingerprint density at radius 3 is 2.16 bits per heavy atom. The molecule has 3 nitrogen and oxygen atoms in total. The molecule has 0 aromatic heterocycles. The molecule has 2 saturated heterocycles. The number of hydrogen-bond acceptors (Lipinski definition) is 3. The maximum atomic E-state index is 2.75. The molecule has 2 heterocycles. The molecule has 1 atom stereocenters. The molecule has 0 aromatic carbocycles. The van der Waals surface area contributed by atoms with Gasteiger partial charge in [0.15, 0.2) is 0 Å². The van der Waals surface area contributed by atoms with Gasteiger partial charge in [-0.1, -0.05) is 0 Å². The summed E-state index contributed by atoms with van der Waals surface area (Å²) in [6.07, 6.45) is 5.89. The molecule has 0 bridgehead atoms. The standard InChI is InChI=1S/C16H31N3/c1-14(2)18-12-10-17(11-13-18)7-3-8-19-9-6-16(19)15-4-5-15/h14-16H,3-13H2,1-2H3/t16-/m1/s1. The third kappa shape index (κ3) is 3.50. The van der Waals surface area contributed by atoms with Crippen molar-refractivity contribution >= 4 is 0 Å². The SMILES string of the molecule is CC(C)N1CCN(CCCN2CC[C@@H]2C2CC2)CC1.